The lowest BCUT2D eigenvalue weighted by Crippen LogP contribution is -2.04. The van der Waals surface area contributed by atoms with E-state index in [1.165, 1.54) is 23.6 Å². The predicted octanol–water partition coefficient (Wildman–Crippen LogP) is 4.60. The van der Waals surface area contributed by atoms with Crippen LogP contribution in [0.4, 0.5) is 0 Å². The van der Waals surface area contributed by atoms with Crippen LogP contribution in [0.15, 0.2) is 82.6 Å². The third kappa shape index (κ3) is 3.40. The largest absolute Gasteiger partial charge is 0.461 e. The SMILES string of the molecule is O=C(CSc1nnc2c3ccccc3n(Cc3ccccc3)c2n1)c1ccco1. The van der Waals surface area contributed by atoms with Gasteiger partial charge in [-0.1, -0.05) is 60.3 Å². The van der Waals surface area contributed by atoms with Crippen molar-refractivity contribution in [2.45, 2.75) is 11.7 Å². The summed E-state index contributed by atoms with van der Waals surface area (Å²) in [5, 5.41) is 10.1. The standard InChI is InChI=1S/C22H16N4O2S/c27-18(19-11-6-12-28-19)14-29-22-23-21-20(24-25-22)16-9-4-5-10-17(16)26(21)13-15-7-2-1-3-8-15/h1-12H,13-14H2. The third-order valence-electron chi connectivity index (χ3n) is 4.67. The van der Waals surface area contributed by atoms with Crippen LogP contribution >= 0.6 is 11.8 Å². The fourth-order valence-corrected chi connectivity index (χ4v) is 3.97. The molecule has 0 aliphatic rings. The molecular formula is C22H16N4O2S. The number of rotatable bonds is 6. The summed E-state index contributed by atoms with van der Waals surface area (Å²) < 4.78 is 7.30. The van der Waals surface area contributed by atoms with Gasteiger partial charge in [-0.05, 0) is 23.8 Å². The van der Waals surface area contributed by atoms with Gasteiger partial charge in [-0.15, -0.1) is 10.2 Å². The van der Waals surface area contributed by atoms with E-state index in [-0.39, 0.29) is 11.5 Å². The van der Waals surface area contributed by atoms with E-state index in [0.717, 1.165) is 22.1 Å². The molecule has 0 bridgehead atoms. The smallest absolute Gasteiger partial charge is 0.211 e. The number of benzene rings is 2. The van der Waals surface area contributed by atoms with E-state index in [2.05, 4.69) is 33.0 Å². The maximum atomic E-state index is 12.2. The Labute approximate surface area is 170 Å². The summed E-state index contributed by atoms with van der Waals surface area (Å²) in [6, 6.07) is 21.7. The molecule has 0 saturated carbocycles. The molecule has 29 heavy (non-hydrogen) atoms. The van der Waals surface area contributed by atoms with Crippen molar-refractivity contribution >= 4 is 39.6 Å². The second-order valence-electron chi connectivity index (χ2n) is 6.54. The molecule has 7 heteroatoms. The third-order valence-corrected chi connectivity index (χ3v) is 5.50. The van der Waals surface area contributed by atoms with Gasteiger partial charge in [-0.3, -0.25) is 4.79 Å². The molecule has 3 heterocycles. The van der Waals surface area contributed by atoms with Crippen molar-refractivity contribution in [1.82, 2.24) is 19.7 Å². The first kappa shape index (κ1) is 17.6. The molecule has 0 unspecified atom stereocenters. The first-order chi connectivity index (χ1) is 14.3. The van der Waals surface area contributed by atoms with Crippen molar-refractivity contribution in [3.63, 3.8) is 0 Å². The van der Waals surface area contributed by atoms with Gasteiger partial charge in [0, 0.05) is 11.9 Å². The molecule has 0 amide bonds. The zero-order chi connectivity index (χ0) is 19.6. The van der Waals surface area contributed by atoms with E-state index in [4.69, 9.17) is 9.40 Å². The molecule has 0 atom stereocenters. The summed E-state index contributed by atoms with van der Waals surface area (Å²) in [7, 11) is 0. The lowest BCUT2D eigenvalue weighted by Gasteiger charge is -2.07. The number of thioether (sulfide) groups is 1. The fraction of sp³-hybridized carbons (Fsp3) is 0.0909. The van der Waals surface area contributed by atoms with E-state index in [1.807, 2.05) is 36.4 Å². The quantitative estimate of drug-likeness (QED) is 0.306. The number of nitrogens with zero attached hydrogens (tertiary/aromatic N) is 4. The van der Waals surface area contributed by atoms with Crippen molar-refractivity contribution in [1.29, 1.82) is 0 Å². The van der Waals surface area contributed by atoms with Gasteiger partial charge in [0.05, 0.1) is 17.5 Å². The normalized spacial score (nSPS) is 11.3. The number of hydrogen-bond acceptors (Lipinski definition) is 6. The van der Waals surface area contributed by atoms with Crippen molar-refractivity contribution in [2.24, 2.45) is 0 Å². The average molecular weight is 400 g/mol. The molecule has 0 aliphatic carbocycles. The van der Waals surface area contributed by atoms with Gasteiger partial charge in [0.1, 0.15) is 5.52 Å². The summed E-state index contributed by atoms with van der Waals surface area (Å²) in [6.07, 6.45) is 1.49. The predicted molar refractivity (Wildman–Crippen MR) is 112 cm³/mol. The highest BCUT2D eigenvalue weighted by Gasteiger charge is 2.16. The van der Waals surface area contributed by atoms with Crippen LogP contribution in [0, 0.1) is 0 Å². The molecule has 3 aromatic heterocycles. The highest BCUT2D eigenvalue weighted by molar-refractivity contribution is 7.99. The Balaban J connectivity index is 1.53. The van der Waals surface area contributed by atoms with Crippen LogP contribution < -0.4 is 0 Å². The number of carbonyl (C=O) groups is 1. The van der Waals surface area contributed by atoms with Crippen molar-refractivity contribution < 1.29 is 9.21 Å². The second-order valence-corrected chi connectivity index (χ2v) is 7.49. The van der Waals surface area contributed by atoms with Crippen molar-refractivity contribution in [3.05, 3.63) is 84.3 Å². The van der Waals surface area contributed by atoms with Crippen LogP contribution in [0.25, 0.3) is 22.1 Å². The van der Waals surface area contributed by atoms with Crippen molar-refractivity contribution in [3.8, 4) is 0 Å². The van der Waals surface area contributed by atoms with Crippen LogP contribution in [-0.4, -0.2) is 31.3 Å². The van der Waals surface area contributed by atoms with Gasteiger partial charge >= 0.3 is 0 Å². The molecule has 0 N–H and O–H groups in total. The Bertz CT molecular complexity index is 1300. The molecule has 0 fully saturated rings. The maximum absolute atomic E-state index is 12.2. The summed E-state index contributed by atoms with van der Waals surface area (Å²) in [4.78, 5) is 16.9. The Kier molecular flexibility index (Phi) is 4.57. The first-order valence-electron chi connectivity index (χ1n) is 9.15. The number of aromatic nitrogens is 4. The van der Waals surface area contributed by atoms with Crippen LogP contribution in [0.3, 0.4) is 0 Å². The van der Waals surface area contributed by atoms with Crippen LogP contribution in [0.2, 0.25) is 0 Å². The number of Topliss-reactive ketones (excluding diaryl/α,β-unsaturated/α-hetero) is 1. The number of fused-ring (bicyclic) bond motifs is 3. The number of ketones is 1. The summed E-state index contributed by atoms with van der Waals surface area (Å²) >= 11 is 1.26. The monoisotopic (exact) mass is 400 g/mol. The van der Waals surface area contributed by atoms with E-state index in [9.17, 15) is 4.79 Å². The van der Waals surface area contributed by atoms with Crippen molar-refractivity contribution in [2.75, 3.05) is 5.75 Å². The number of hydrogen-bond donors (Lipinski definition) is 0. The number of para-hydroxylation sites is 1. The highest BCUT2D eigenvalue weighted by atomic mass is 32.2. The number of furan rings is 1. The first-order valence-corrected chi connectivity index (χ1v) is 10.1. The highest BCUT2D eigenvalue weighted by Crippen LogP contribution is 2.28. The zero-order valence-corrected chi connectivity index (χ0v) is 16.2. The van der Waals surface area contributed by atoms with Gasteiger partial charge in [0.2, 0.25) is 10.9 Å². The molecule has 5 rings (SSSR count). The van der Waals surface area contributed by atoms with E-state index >= 15 is 0 Å². The minimum Gasteiger partial charge on any atom is -0.461 e. The Morgan fingerprint density at radius 1 is 0.966 bits per heavy atom. The summed E-state index contributed by atoms with van der Waals surface area (Å²) in [5.41, 5.74) is 3.76. The Morgan fingerprint density at radius 3 is 2.62 bits per heavy atom. The van der Waals surface area contributed by atoms with Crippen LogP contribution in [0.1, 0.15) is 16.1 Å². The molecule has 0 spiro atoms. The molecule has 5 aromatic rings. The van der Waals surface area contributed by atoms with E-state index < -0.39 is 0 Å². The Morgan fingerprint density at radius 2 is 1.79 bits per heavy atom. The summed E-state index contributed by atoms with van der Waals surface area (Å²) in [6.45, 7) is 0.680. The fourth-order valence-electron chi connectivity index (χ4n) is 3.31. The molecule has 0 aliphatic heterocycles. The van der Waals surface area contributed by atoms with Gasteiger partial charge in [0.25, 0.3) is 0 Å². The van der Waals surface area contributed by atoms with Gasteiger partial charge < -0.3 is 8.98 Å². The maximum Gasteiger partial charge on any atom is 0.211 e. The molecule has 142 valence electrons. The van der Waals surface area contributed by atoms with Crippen LogP contribution in [-0.2, 0) is 6.54 Å². The zero-order valence-electron chi connectivity index (χ0n) is 15.4. The molecule has 2 aromatic carbocycles. The lowest BCUT2D eigenvalue weighted by atomic mass is 10.2. The summed E-state index contributed by atoms with van der Waals surface area (Å²) in [5.74, 6) is 0.429. The number of carbonyl (C=O) groups excluding carboxylic acids is 1. The second kappa shape index (κ2) is 7.52. The minimum atomic E-state index is -0.103. The minimum absolute atomic E-state index is 0.103. The molecule has 6 nitrogen and oxygen atoms in total. The molecule has 0 radical (unpaired) electrons. The van der Waals surface area contributed by atoms with Gasteiger partial charge in [0.15, 0.2) is 11.4 Å². The average Bonchev–Trinajstić information content (AvgIpc) is 3.41. The topological polar surface area (TPSA) is 73.8 Å². The van der Waals surface area contributed by atoms with Gasteiger partial charge in [-0.25, -0.2) is 4.98 Å². The Hall–Kier alpha value is -3.45. The van der Waals surface area contributed by atoms with Gasteiger partial charge in [-0.2, -0.15) is 0 Å². The van der Waals surface area contributed by atoms with E-state index in [1.54, 1.807) is 12.1 Å². The lowest BCUT2D eigenvalue weighted by molar-refractivity contribution is 0.0992. The molecular weight excluding hydrogens is 384 g/mol. The van der Waals surface area contributed by atoms with E-state index in [0.29, 0.717) is 17.5 Å². The van der Waals surface area contributed by atoms with Crippen LogP contribution in [0.5, 0.6) is 0 Å². The molecule has 0 saturated heterocycles.